The summed E-state index contributed by atoms with van der Waals surface area (Å²) in [6.07, 6.45) is -0.0904. The van der Waals surface area contributed by atoms with E-state index in [1.807, 2.05) is 6.07 Å². The Kier molecular flexibility index (Phi) is 11.6. The predicted molar refractivity (Wildman–Crippen MR) is 188 cm³/mol. The van der Waals surface area contributed by atoms with Gasteiger partial charge >= 0.3 is 11.9 Å². The zero-order chi connectivity index (χ0) is 34.9. The Morgan fingerprint density at radius 1 is 0.878 bits per heavy atom. The number of carbonyl (C=O) groups is 3. The molecule has 1 unspecified atom stereocenters. The number of oxime groups is 1. The highest BCUT2D eigenvalue weighted by Gasteiger charge is 2.19. The maximum Gasteiger partial charge on any atom is 0.365 e. The number of benzene rings is 4. The van der Waals surface area contributed by atoms with E-state index >= 15 is 0 Å². The Morgan fingerprint density at radius 2 is 1.61 bits per heavy atom. The number of nitro benzene ring substituents is 1. The molecule has 0 fully saturated rings. The molecule has 5 rings (SSSR count). The Bertz CT molecular complexity index is 2110. The molecule has 1 heterocycles. The summed E-state index contributed by atoms with van der Waals surface area (Å²) in [6, 6.07) is 24.7. The normalized spacial score (nSPS) is 12.1. The third-order valence-electron chi connectivity index (χ3n) is 7.23. The van der Waals surface area contributed by atoms with Crippen LogP contribution in [0.15, 0.2) is 111 Å². The van der Waals surface area contributed by atoms with Crippen LogP contribution in [0.4, 0.5) is 5.69 Å². The van der Waals surface area contributed by atoms with E-state index in [9.17, 15) is 29.3 Å². The van der Waals surface area contributed by atoms with E-state index in [1.165, 1.54) is 42.3 Å². The molecule has 250 valence electrons. The van der Waals surface area contributed by atoms with Gasteiger partial charge in [0.2, 0.25) is 5.78 Å². The van der Waals surface area contributed by atoms with Crippen LogP contribution in [-0.2, 0) is 19.1 Å². The van der Waals surface area contributed by atoms with Crippen LogP contribution in [-0.4, -0.2) is 48.2 Å². The summed E-state index contributed by atoms with van der Waals surface area (Å²) >= 11 is 2.80. The zero-order valence-electron chi connectivity index (χ0n) is 26.5. The third-order valence-corrected chi connectivity index (χ3v) is 9.36. The van der Waals surface area contributed by atoms with Crippen LogP contribution in [0.1, 0.15) is 46.9 Å². The second kappa shape index (κ2) is 16.2. The molecule has 0 radical (unpaired) electrons. The predicted octanol–water partition coefficient (Wildman–Crippen LogP) is 7.62. The SMILES string of the molecule is COCC(C)OC(=O)CCC/C(=N\OC(=O)c1ccccc1)C(=O)c1ccc(Sc2ccc3c(=O)c4cc([N+](=O)[O-])ccc4sc3c2)cc1. The highest BCUT2D eigenvalue weighted by atomic mass is 32.2. The van der Waals surface area contributed by atoms with Crippen LogP contribution in [0, 0.1) is 10.1 Å². The van der Waals surface area contributed by atoms with Crippen molar-refractivity contribution in [2.75, 3.05) is 13.7 Å². The lowest BCUT2D eigenvalue weighted by atomic mass is 10.0. The number of Topliss-reactive ketones (excluding diaryl/α,β-unsaturated/α-hetero) is 1. The van der Waals surface area contributed by atoms with E-state index < -0.39 is 28.7 Å². The number of non-ortho nitro benzene ring substituents is 1. The lowest BCUT2D eigenvalue weighted by Gasteiger charge is -2.12. The number of ether oxygens (including phenoxy) is 2. The highest BCUT2D eigenvalue weighted by molar-refractivity contribution is 7.99. The second-order valence-electron chi connectivity index (χ2n) is 10.9. The molecule has 0 spiro atoms. The van der Waals surface area contributed by atoms with Crippen molar-refractivity contribution >= 4 is 72.4 Å². The summed E-state index contributed by atoms with van der Waals surface area (Å²) in [5.41, 5.74) is 0.159. The zero-order valence-corrected chi connectivity index (χ0v) is 28.1. The summed E-state index contributed by atoms with van der Waals surface area (Å²) in [5.74, 6) is -1.63. The minimum Gasteiger partial charge on any atom is -0.460 e. The molecule has 49 heavy (non-hydrogen) atoms. The van der Waals surface area contributed by atoms with Crippen molar-refractivity contribution in [2.24, 2.45) is 5.16 Å². The standard InChI is InChI=1S/C36H30N2O9S2/c1-22(21-45-2)46-33(39)10-6-9-30(37-47-36(42)24-7-4-3-5-8-24)34(40)23-11-14-26(15-12-23)48-27-16-17-28-32(20-27)49-31-18-13-25(38(43)44)19-29(31)35(28)41/h3-5,7-8,11-20,22H,6,9-10,21H2,1-2H3/b37-30+. The van der Waals surface area contributed by atoms with Gasteiger partial charge in [0.1, 0.15) is 11.8 Å². The van der Waals surface area contributed by atoms with Gasteiger partial charge in [-0.25, -0.2) is 4.79 Å². The first-order valence-electron chi connectivity index (χ1n) is 15.1. The van der Waals surface area contributed by atoms with Crippen LogP contribution in [0.2, 0.25) is 0 Å². The number of fused-ring (bicyclic) bond motifs is 2. The van der Waals surface area contributed by atoms with E-state index in [2.05, 4.69) is 5.16 Å². The van der Waals surface area contributed by atoms with Crippen molar-refractivity contribution in [1.29, 1.82) is 0 Å². The molecule has 0 bridgehead atoms. The van der Waals surface area contributed by atoms with Crippen molar-refractivity contribution in [1.82, 2.24) is 0 Å². The van der Waals surface area contributed by atoms with Crippen LogP contribution in [0.25, 0.3) is 20.2 Å². The number of carbonyl (C=O) groups excluding carboxylic acids is 3. The summed E-state index contributed by atoms with van der Waals surface area (Å²) < 4.78 is 11.7. The Balaban J connectivity index is 1.31. The first kappa shape index (κ1) is 35.1. The fourth-order valence-corrected chi connectivity index (χ4v) is 6.88. The van der Waals surface area contributed by atoms with Gasteiger partial charge in [-0.1, -0.05) is 35.1 Å². The molecule has 4 aromatic carbocycles. The van der Waals surface area contributed by atoms with Crippen LogP contribution >= 0.6 is 23.1 Å². The van der Waals surface area contributed by atoms with Gasteiger partial charge in [-0.15, -0.1) is 11.3 Å². The van der Waals surface area contributed by atoms with Gasteiger partial charge in [-0.3, -0.25) is 24.5 Å². The van der Waals surface area contributed by atoms with Crippen molar-refractivity contribution in [3.05, 3.63) is 122 Å². The fraction of sp³-hybridized carbons (Fsp3) is 0.194. The van der Waals surface area contributed by atoms with Crippen molar-refractivity contribution in [2.45, 2.75) is 42.1 Å². The monoisotopic (exact) mass is 698 g/mol. The molecular formula is C36H30N2O9S2. The van der Waals surface area contributed by atoms with Gasteiger partial charge in [0, 0.05) is 61.2 Å². The van der Waals surface area contributed by atoms with Crippen molar-refractivity contribution < 1.29 is 33.6 Å². The number of nitro groups is 1. The molecule has 13 heteroatoms. The molecule has 0 saturated carbocycles. The van der Waals surface area contributed by atoms with E-state index in [4.69, 9.17) is 14.3 Å². The largest absolute Gasteiger partial charge is 0.460 e. The smallest absolute Gasteiger partial charge is 0.365 e. The minimum atomic E-state index is -0.722. The van der Waals surface area contributed by atoms with Gasteiger partial charge in [0.05, 0.1) is 17.1 Å². The first-order chi connectivity index (χ1) is 23.6. The van der Waals surface area contributed by atoms with Crippen molar-refractivity contribution in [3.8, 4) is 0 Å². The summed E-state index contributed by atoms with van der Waals surface area (Å²) in [5, 5.41) is 15.9. The molecular weight excluding hydrogens is 669 g/mol. The number of methoxy groups -OCH3 is 1. The lowest BCUT2D eigenvalue weighted by Crippen LogP contribution is -2.20. The quantitative estimate of drug-likeness (QED) is 0.0215. The summed E-state index contributed by atoms with van der Waals surface area (Å²) in [4.78, 5) is 68.8. The molecule has 1 aromatic heterocycles. The maximum absolute atomic E-state index is 13.5. The van der Waals surface area contributed by atoms with E-state index in [-0.39, 0.29) is 48.3 Å². The lowest BCUT2D eigenvalue weighted by molar-refractivity contribution is -0.384. The Hall–Kier alpha value is -5.24. The van der Waals surface area contributed by atoms with Crippen molar-refractivity contribution in [3.63, 3.8) is 0 Å². The maximum atomic E-state index is 13.5. The summed E-state index contributed by atoms with van der Waals surface area (Å²) in [6.45, 7) is 1.97. The Morgan fingerprint density at radius 3 is 2.33 bits per heavy atom. The molecule has 1 atom stereocenters. The average Bonchev–Trinajstić information content (AvgIpc) is 3.10. The molecule has 0 aliphatic rings. The molecule has 11 nitrogen and oxygen atoms in total. The molecule has 0 N–H and O–H groups in total. The average molecular weight is 699 g/mol. The minimum absolute atomic E-state index is 0.0237. The Labute approximate surface area is 288 Å². The number of rotatable bonds is 14. The molecule has 0 aliphatic heterocycles. The van der Waals surface area contributed by atoms with Gasteiger partial charge in [-0.05, 0) is 80.4 Å². The topological polar surface area (TPSA) is 151 Å². The number of hydrogen-bond acceptors (Lipinski definition) is 12. The number of hydrogen-bond donors (Lipinski definition) is 0. The van der Waals surface area contributed by atoms with Gasteiger partial charge in [0.25, 0.3) is 5.69 Å². The van der Waals surface area contributed by atoms with E-state index in [0.717, 1.165) is 14.5 Å². The number of nitrogens with zero attached hydrogens (tertiary/aromatic N) is 2. The number of esters is 1. The molecule has 0 amide bonds. The van der Waals surface area contributed by atoms with Crippen LogP contribution in [0.3, 0.4) is 0 Å². The van der Waals surface area contributed by atoms with E-state index in [0.29, 0.717) is 21.0 Å². The van der Waals surface area contributed by atoms with Gasteiger partial charge in [-0.2, -0.15) is 0 Å². The summed E-state index contributed by atoms with van der Waals surface area (Å²) in [7, 11) is 1.51. The number of ketones is 1. The van der Waals surface area contributed by atoms with Crippen LogP contribution < -0.4 is 5.43 Å². The third kappa shape index (κ3) is 9.02. The van der Waals surface area contributed by atoms with E-state index in [1.54, 1.807) is 79.7 Å². The van der Waals surface area contributed by atoms with Gasteiger partial charge < -0.3 is 14.3 Å². The van der Waals surface area contributed by atoms with Gasteiger partial charge in [0.15, 0.2) is 5.43 Å². The highest BCUT2D eigenvalue weighted by Crippen LogP contribution is 2.33. The fourth-order valence-electron chi connectivity index (χ4n) is 4.85. The molecule has 0 aliphatic carbocycles. The van der Waals surface area contributed by atoms with Crippen LogP contribution in [0.5, 0.6) is 0 Å². The molecule has 5 aromatic rings. The first-order valence-corrected chi connectivity index (χ1v) is 16.8. The molecule has 0 saturated heterocycles. The second-order valence-corrected chi connectivity index (χ2v) is 13.1.